The maximum Gasteiger partial charge on any atom is 0.319 e. The summed E-state index contributed by atoms with van der Waals surface area (Å²) in [6.07, 6.45) is 7.07. The normalized spacial score (nSPS) is 21.2. The van der Waals surface area contributed by atoms with E-state index in [1.165, 1.54) is 19.1 Å². The summed E-state index contributed by atoms with van der Waals surface area (Å²) in [7, 11) is 0. The lowest BCUT2D eigenvalue weighted by molar-refractivity contribution is -0.139. The minimum absolute atomic E-state index is 0.0760. The van der Waals surface area contributed by atoms with Crippen LogP contribution in [-0.2, 0) is 4.79 Å². The number of carboxylic acids is 1. The van der Waals surface area contributed by atoms with Crippen LogP contribution in [0.25, 0.3) is 11.5 Å². The maximum atomic E-state index is 12.2. The average Bonchev–Trinajstić information content (AvgIpc) is 3.27. The Kier molecular flexibility index (Phi) is 5.29. The molecule has 2 aliphatic carbocycles. The highest BCUT2D eigenvalue weighted by Crippen LogP contribution is 2.33. The molecule has 0 spiro atoms. The first-order chi connectivity index (χ1) is 13.6. The van der Waals surface area contributed by atoms with E-state index in [9.17, 15) is 9.59 Å². The Morgan fingerprint density at radius 1 is 1.21 bits per heavy atom. The van der Waals surface area contributed by atoms with Crippen LogP contribution in [-0.4, -0.2) is 52.2 Å². The van der Waals surface area contributed by atoms with Crippen LogP contribution in [0.1, 0.15) is 25.7 Å². The Morgan fingerprint density at radius 2 is 1.96 bits per heavy atom. The molecular weight excluding hydrogens is 360 g/mol. The molecule has 0 radical (unpaired) electrons. The Labute approximate surface area is 162 Å². The topological polar surface area (TPSA) is 108 Å². The number of urea groups is 1. The fourth-order valence-corrected chi connectivity index (χ4v) is 3.57. The van der Waals surface area contributed by atoms with E-state index < -0.39 is 5.97 Å². The van der Waals surface area contributed by atoms with Gasteiger partial charge in [0.25, 0.3) is 0 Å². The molecule has 148 valence electrons. The highest BCUT2D eigenvalue weighted by atomic mass is 16.4. The Hall–Kier alpha value is -2.87. The van der Waals surface area contributed by atoms with Gasteiger partial charge >= 0.3 is 12.0 Å². The molecular formula is C20H24N4O4. The largest absolute Gasteiger partial charge is 0.480 e. The van der Waals surface area contributed by atoms with Crippen molar-refractivity contribution in [2.75, 3.05) is 18.4 Å². The van der Waals surface area contributed by atoms with Crippen LogP contribution in [0.15, 0.2) is 41.1 Å². The van der Waals surface area contributed by atoms with Crippen LogP contribution in [0.2, 0.25) is 0 Å². The lowest BCUT2D eigenvalue weighted by atomic mass is 9.85. The van der Waals surface area contributed by atoms with Gasteiger partial charge in [-0.15, -0.1) is 0 Å². The van der Waals surface area contributed by atoms with Crippen molar-refractivity contribution in [2.45, 2.75) is 37.8 Å². The molecule has 2 saturated carbocycles. The van der Waals surface area contributed by atoms with Crippen molar-refractivity contribution < 1.29 is 19.1 Å². The van der Waals surface area contributed by atoms with Crippen LogP contribution in [0, 0.1) is 5.92 Å². The number of nitrogens with one attached hydrogen (secondary N) is 2. The molecule has 2 aromatic rings. The summed E-state index contributed by atoms with van der Waals surface area (Å²) in [5.74, 6) is 0.394. The first-order valence-corrected chi connectivity index (χ1v) is 9.60. The van der Waals surface area contributed by atoms with Crippen molar-refractivity contribution in [3.05, 3.63) is 36.7 Å². The quantitative estimate of drug-likeness (QED) is 0.646. The minimum atomic E-state index is -0.789. The van der Waals surface area contributed by atoms with Gasteiger partial charge in [0.15, 0.2) is 0 Å². The SMILES string of the molecule is O=C(O)CN(CC1CC1)C1CC(NC(=O)Nc2ccc(-c3ncco3)cc2)C1. The number of carbonyl (C=O) groups excluding carboxylic acids is 1. The lowest BCUT2D eigenvalue weighted by Gasteiger charge is -2.42. The van der Waals surface area contributed by atoms with Gasteiger partial charge in [0.2, 0.25) is 5.89 Å². The van der Waals surface area contributed by atoms with Crippen molar-refractivity contribution in [2.24, 2.45) is 5.92 Å². The number of benzene rings is 1. The molecule has 2 aliphatic rings. The number of aliphatic carboxylic acids is 1. The highest BCUT2D eigenvalue weighted by molar-refractivity contribution is 5.89. The van der Waals surface area contributed by atoms with Crippen molar-refractivity contribution in [1.29, 1.82) is 0 Å². The van der Waals surface area contributed by atoms with Crippen LogP contribution in [0.3, 0.4) is 0 Å². The van der Waals surface area contributed by atoms with Crippen LogP contribution in [0.4, 0.5) is 10.5 Å². The number of rotatable bonds is 8. The zero-order valence-electron chi connectivity index (χ0n) is 15.5. The summed E-state index contributed by atoms with van der Waals surface area (Å²) in [5.41, 5.74) is 1.52. The van der Waals surface area contributed by atoms with Gasteiger partial charge in [0.1, 0.15) is 6.26 Å². The van der Waals surface area contributed by atoms with Crippen LogP contribution < -0.4 is 10.6 Å². The Morgan fingerprint density at radius 3 is 2.57 bits per heavy atom. The first kappa shape index (κ1) is 18.5. The molecule has 8 nitrogen and oxygen atoms in total. The Balaban J connectivity index is 1.23. The molecule has 0 unspecified atom stereocenters. The fraction of sp³-hybridized carbons (Fsp3) is 0.450. The van der Waals surface area contributed by atoms with Gasteiger partial charge in [0, 0.05) is 29.9 Å². The summed E-state index contributed by atoms with van der Waals surface area (Å²) >= 11 is 0. The number of anilines is 1. The molecule has 1 heterocycles. The second-order valence-corrected chi connectivity index (χ2v) is 7.60. The summed E-state index contributed by atoms with van der Waals surface area (Å²) < 4.78 is 5.24. The second kappa shape index (κ2) is 8.02. The molecule has 2 fully saturated rings. The molecule has 8 heteroatoms. The number of amides is 2. The van der Waals surface area contributed by atoms with Gasteiger partial charge < -0.3 is 20.2 Å². The van der Waals surface area contributed by atoms with E-state index in [2.05, 4.69) is 20.5 Å². The number of carboxylic acid groups (broad SMARTS) is 1. The monoisotopic (exact) mass is 384 g/mol. The summed E-state index contributed by atoms with van der Waals surface area (Å²) in [6.45, 7) is 0.934. The van der Waals surface area contributed by atoms with Gasteiger partial charge in [-0.25, -0.2) is 9.78 Å². The number of oxazole rings is 1. The maximum absolute atomic E-state index is 12.2. The number of aromatic nitrogens is 1. The zero-order chi connectivity index (χ0) is 19.5. The van der Waals surface area contributed by atoms with E-state index in [-0.39, 0.29) is 24.7 Å². The van der Waals surface area contributed by atoms with E-state index in [1.54, 1.807) is 18.3 Å². The third-order valence-electron chi connectivity index (χ3n) is 5.31. The summed E-state index contributed by atoms with van der Waals surface area (Å²) in [4.78, 5) is 29.4. The molecule has 4 rings (SSSR count). The molecule has 28 heavy (non-hydrogen) atoms. The summed E-state index contributed by atoms with van der Waals surface area (Å²) in [5, 5.41) is 14.9. The first-order valence-electron chi connectivity index (χ1n) is 9.60. The van der Waals surface area contributed by atoms with Crippen molar-refractivity contribution in [1.82, 2.24) is 15.2 Å². The lowest BCUT2D eigenvalue weighted by Crippen LogP contribution is -2.55. The summed E-state index contributed by atoms with van der Waals surface area (Å²) in [6, 6.07) is 7.33. The van der Waals surface area contributed by atoms with Gasteiger partial charge in [0.05, 0.1) is 12.7 Å². The van der Waals surface area contributed by atoms with E-state index in [0.29, 0.717) is 17.5 Å². The highest BCUT2D eigenvalue weighted by Gasteiger charge is 2.37. The third-order valence-corrected chi connectivity index (χ3v) is 5.31. The predicted octanol–water partition coefficient (Wildman–Crippen LogP) is 2.79. The molecule has 3 N–H and O–H groups in total. The van der Waals surface area contributed by atoms with E-state index in [0.717, 1.165) is 24.9 Å². The zero-order valence-corrected chi connectivity index (χ0v) is 15.5. The number of nitrogens with zero attached hydrogens (tertiary/aromatic N) is 2. The number of hydrogen-bond donors (Lipinski definition) is 3. The van der Waals surface area contributed by atoms with Crippen molar-refractivity contribution in [3.8, 4) is 11.5 Å². The van der Waals surface area contributed by atoms with Crippen LogP contribution >= 0.6 is 0 Å². The smallest absolute Gasteiger partial charge is 0.319 e. The minimum Gasteiger partial charge on any atom is -0.480 e. The van der Waals surface area contributed by atoms with E-state index >= 15 is 0 Å². The standard InChI is InChI=1S/C20H24N4O4/c25-18(26)12-24(11-13-1-2-13)17-9-16(10-17)23-20(27)22-15-5-3-14(4-6-15)19-21-7-8-28-19/h3-8,13,16-17H,1-2,9-12H2,(H,25,26)(H2,22,23,27). The molecule has 0 saturated heterocycles. The molecule has 0 atom stereocenters. The van der Waals surface area contributed by atoms with Crippen molar-refractivity contribution >= 4 is 17.7 Å². The molecule has 1 aromatic heterocycles. The van der Waals surface area contributed by atoms with E-state index in [1.807, 2.05) is 12.1 Å². The van der Waals surface area contributed by atoms with Crippen LogP contribution in [0.5, 0.6) is 0 Å². The van der Waals surface area contributed by atoms with Gasteiger partial charge in [-0.3, -0.25) is 9.69 Å². The molecule has 2 amide bonds. The Bertz CT molecular complexity index is 811. The van der Waals surface area contributed by atoms with Gasteiger partial charge in [-0.2, -0.15) is 0 Å². The van der Waals surface area contributed by atoms with E-state index in [4.69, 9.17) is 9.52 Å². The number of carbonyl (C=O) groups is 2. The van der Waals surface area contributed by atoms with Crippen molar-refractivity contribution in [3.63, 3.8) is 0 Å². The van der Waals surface area contributed by atoms with Gasteiger partial charge in [-0.1, -0.05) is 0 Å². The second-order valence-electron chi connectivity index (χ2n) is 7.60. The number of hydrogen-bond acceptors (Lipinski definition) is 5. The molecule has 1 aromatic carbocycles. The van der Waals surface area contributed by atoms with Gasteiger partial charge in [-0.05, 0) is 55.9 Å². The average molecular weight is 384 g/mol. The third kappa shape index (κ3) is 4.69. The fourth-order valence-electron chi connectivity index (χ4n) is 3.57. The molecule has 0 bridgehead atoms. The predicted molar refractivity (Wildman–Crippen MR) is 103 cm³/mol. The molecule has 0 aliphatic heterocycles.